The van der Waals surface area contributed by atoms with Gasteiger partial charge in [0.05, 0.1) is 43.9 Å². The van der Waals surface area contributed by atoms with Crippen molar-refractivity contribution in [3.8, 4) is 17.2 Å². The molecular formula is C24H22BrFO7S. The van der Waals surface area contributed by atoms with Crippen molar-refractivity contribution in [2.45, 2.75) is 23.0 Å². The summed E-state index contributed by atoms with van der Waals surface area (Å²) in [6.07, 6.45) is -0.205. The van der Waals surface area contributed by atoms with Crippen LogP contribution in [0, 0.1) is 5.82 Å². The Labute approximate surface area is 208 Å². The van der Waals surface area contributed by atoms with E-state index in [1.165, 1.54) is 51.3 Å². The molecule has 1 atom stereocenters. The van der Waals surface area contributed by atoms with Crippen LogP contribution in [0.15, 0.2) is 61.0 Å². The number of rotatable bonds is 9. The van der Waals surface area contributed by atoms with Crippen LogP contribution < -0.4 is 14.9 Å². The fourth-order valence-electron chi connectivity index (χ4n) is 3.30. The van der Waals surface area contributed by atoms with Crippen molar-refractivity contribution in [3.05, 3.63) is 80.1 Å². The number of benzene rings is 2. The quantitative estimate of drug-likeness (QED) is 0.284. The zero-order valence-corrected chi connectivity index (χ0v) is 21.0. The molecule has 0 amide bonds. The molecule has 7 nitrogen and oxygen atoms in total. The van der Waals surface area contributed by atoms with E-state index in [1.54, 1.807) is 24.3 Å². The second-order valence-electron chi connectivity index (χ2n) is 7.10. The van der Waals surface area contributed by atoms with Gasteiger partial charge < -0.3 is 23.7 Å². The monoisotopic (exact) mass is 552 g/mol. The zero-order valence-electron chi connectivity index (χ0n) is 18.6. The maximum Gasteiger partial charge on any atom is 0.306 e. The number of methoxy groups -OCH3 is 3. The number of carbonyl (C=O) groups is 1. The van der Waals surface area contributed by atoms with Gasteiger partial charge in [-0.25, -0.2) is 4.39 Å². The van der Waals surface area contributed by atoms with Crippen LogP contribution in [0.3, 0.4) is 0 Å². The molecule has 0 aliphatic heterocycles. The van der Waals surface area contributed by atoms with E-state index in [4.69, 9.17) is 18.6 Å². The lowest BCUT2D eigenvalue weighted by atomic mass is 9.92. The van der Waals surface area contributed by atoms with Gasteiger partial charge in [0.15, 0.2) is 17.3 Å². The molecule has 0 unspecified atom stereocenters. The van der Waals surface area contributed by atoms with Gasteiger partial charge in [-0.1, -0.05) is 0 Å². The molecule has 0 saturated heterocycles. The van der Waals surface area contributed by atoms with Gasteiger partial charge in [0.1, 0.15) is 11.6 Å². The second-order valence-corrected chi connectivity index (χ2v) is 9.01. The Bertz CT molecular complexity index is 1230. The van der Waals surface area contributed by atoms with Crippen molar-refractivity contribution >= 4 is 33.7 Å². The Kier molecular flexibility index (Phi) is 8.62. The molecule has 0 saturated carbocycles. The standard InChI is InChI=1S/C24H22BrFO7S/c1-30-20-9-13(8-18(25)24(20)32-3)17(11-21(28)31-2)23-22(29)19(27)10-15(33-23)12-34-16-6-4-14(26)5-7-16/h4-10,17,29H,11-12H2,1-3H3/t17-/m0/s1. The van der Waals surface area contributed by atoms with Gasteiger partial charge in [-0.05, 0) is 57.9 Å². The lowest BCUT2D eigenvalue weighted by Gasteiger charge is -2.20. The number of halogens is 2. The highest BCUT2D eigenvalue weighted by atomic mass is 79.9. The summed E-state index contributed by atoms with van der Waals surface area (Å²) in [4.78, 5) is 25.6. The topological polar surface area (TPSA) is 95.2 Å². The molecule has 0 bridgehead atoms. The fraction of sp³-hybridized carbons (Fsp3) is 0.250. The molecule has 180 valence electrons. The molecule has 0 aliphatic carbocycles. The van der Waals surface area contributed by atoms with Gasteiger partial charge >= 0.3 is 5.97 Å². The van der Waals surface area contributed by atoms with Crippen molar-refractivity contribution in [1.82, 2.24) is 0 Å². The van der Waals surface area contributed by atoms with E-state index < -0.39 is 23.1 Å². The average molecular weight is 553 g/mol. The zero-order chi connectivity index (χ0) is 24.8. The van der Waals surface area contributed by atoms with E-state index in [-0.39, 0.29) is 29.5 Å². The molecule has 2 aromatic carbocycles. The highest BCUT2D eigenvalue weighted by Crippen LogP contribution is 2.42. The molecule has 3 aromatic rings. The molecule has 34 heavy (non-hydrogen) atoms. The van der Waals surface area contributed by atoms with Crippen LogP contribution in [0.4, 0.5) is 4.39 Å². The van der Waals surface area contributed by atoms with E-state index in [9.17, 15) is 19.1 Å². The normalized spacial score (nSPS) is 11.7. The van der Waals surface area contributed by atoms with Gasteiger partial charge in [0.2, 0.25) is 11.2 Å². The molecule has 0 aliphatic rings. The predicted molar refractivity (Wildman–Crippen MR) is 128 cm³/mol. The Morgan fingerprint density at radius 1 is 1.15 bits per heavy atom. The highest BCUT2D eigenvalue weighted by Gasteiger charge is 2.28. The van der Waals surface area contributed by atoms with Gasteiger partial charge in [-0.2, -0.15) is 0 Å². The van der Waals surface area contributed by atoms with Crippen LogP contribution in [-0.4, -0.2) is 32.4 Å². The van der Waals surface area contributed by atoms with Gasteiger partial charge in [0, 0.05) is 11.0 Å². The minimum Gasteiger partial charge on any atom is -0.502 e. The molecular weight excluding hydrogens is 531 g/mol. The summed E-state index contributed by atoms with van der Waals surface area (Å²) in [7, 11) is 4.20. The summed E-state index contributed by atoms with van der Waals surface area (Å²) in [5.41, 5.74) is -0.123. The average Bonchev–Trinajstić information content (AvgIpc) is 2.83. The van der Waals surface area contributed by atoms with E-state index >= 15 is 0 Å². The number of aromatic hydroxyl groups is 1. The molecule has 0 fully saturated rings. The summed E-state index contributed by atoms with van der Waals surface area (Å²) in [5, 5.41) is 10.6. The van der Waals surface area contributed by atoms with Crippen molar-refractivity contribution in [3.63, 3.8) is 0 Å². The second kappa shape index (κ2) is 11.4. The first-order valence-corrected chi connectivity index (χ1v) is 11.8. The van der Waals surface area contributed by atoms with E-state index in [0.717, 1.165) is 4.90 Å². The van der Waals surface area contributed by atoms with Gasteiger partial charge in [-0.3, -0.25) is 9.59 Å². The lowest BCUT2D eigenvalue weighted by molar-refractivity contribution is -0.140. The van der Waals surface area contributed by atoms with Crippen LogP contribution in [0.5, 0.6) is 17.2 Å². The van der Waals surface area contributed by atoms with Crippen LogP contribution in [-0.2, 0) is 15.3 Å². The summed E-state index contributed by atoms with van der Waals surface area (Å²) in [6, 6.07) is 10.4. The number of hydrogen-bond donors (Lipinski definition) is 1. The third-order valence-electron chi connectivity index (χ3n) is 4.97. The molecule has 1 aromatic heterocycles. The van der Waals surface area contributed by atoms with Crippen LogP contribution >= 0.6 is 27.7 Å². The fourth-order valence-corrected chi connectivity index (χ4v) is 4.70. The number of thioether (sulfide) groups is 1. The largest absolute Gasteiger partial charge is 0.502 e. The smallest absolute Gasteiger partial charge is 0.306 e. The van der Waals surface area contributed by atoms with Gasteiger partial charge in [0.25, 0.3) is 0 Å². The van der Waals surface area contributed by atoms with E-state index in [0.29, 0.717) is 21.5 Å². The Balaban J connectivity index is 2.05. The summed E-state index contributed by atoms with van der Waals surface area (Å²) >= 11 is 4.75. The lowest BCUT2D eigenvalue weighted by Crippen LogP contribution is -2.14. The Hall–Kier alpha value is -2.98. The minimum atomic E-state index is -0.855. The van der Waals surface area contributed by atoms with Crippen molar-refractivity contribution in [2.24, 2.45) is 0 Å². The molecule has 1 N–H and O–H groups in total. The first kappa shape index (κ1) is 25.6. The first-order chi connectivity index (χ1) is 16.3. The SMILES string of the molecule is COC(=O)C[C@@H](c1cc(Br)c(OC)c(OC)c1)c1oc(CSc2ccc(F)cc2)cc(=O)c1O. The number of ether oxygens (including phenoxy) is 3. The van der Waals surface area contributed by atoms with Crippen molar-refractivity contribution in [2.75, 3.05) is 21.3 Å². The predicted octanol–water partition coefficient (Wildman–Crippen LogP) is 5.25. The number of hydrogen-bond acceptors (Lipinski definition) is 8. The van der Waals surface area contributed by atoms with Crippen molar-refractivity contribution < 1.29 is 32.9 Å². The maximum atomic E-state index is 13.2. The number of carbonyl (C=O) groups excluding carboxylic acids is 1. The number of esters is 1. The summed E-state index contributed by atoms with van der Waals surface area (Å²) in [6.45, 7) is 0. The highest BCUT2D eigenvalue weighted by molar-refractivity contribution is 9.10. The third-order valence-corrected chi connectivity index (χ3v) is 6.59. The molecule has 0 spiro atoms. The van der Waals surface area contributed by atoms with Gasteiger partial charge in [-0.15, -0.1) is 11.8 Å². The Morgan fingerprint density at radius 2 is 1.85 bits per heavy atom. The van der Waals surface area contributed by atoms with E-state index in [1.807, 2.05) is 0 Å². The molecule has 0 radical (unpaired) electrons. The van der Waals surface area contributed by atoms with E-state index in [2.05, 4.69) is 15.9 Å². The van der Waals surface area contributed by atoms with Crippen LogP contribution in [0.2, 0.25) is 0 Å². The van der Waals surface area contributed by atoms with Crippen molar-refractivity contribution in [1.29, 1.82) is 0 Å². The third kappa shape index (κ3) is 5.92. The molecule has 10 heteroatoms. The molecule has 3 rings (SSSR count). The minimum absolute atomic E-state index is 0.0771. The summed E-state index contributed by atoms with van der Waals surface area (Å²) < 4.78 is 35.2. The Morgan fingerprint density at radius 3 is 2.47 bits per heavy atom. The summed E-state index contributed by atoms with van der Waals surface area (Å²) in [5.74, 6) is -1.10. The maximum absolute atomic E-state index is 13.2. The van der Waals surface area contributed by atoms with Crippen LogP contribution in [0.1, 0.15) is 29.4 Å². The molecule has 1 heterocycles. The van der Waals surface area contributed by atoms with Crippen LogP contribution in [0.25, 0.3) is 0 Å². The first-order valence-electron chi connectivity index (χ1n) is 9.99.